The molecule has 0 aromatic rings. The van der Waals surface area contributed by atoms with Crippen LogP contribution in [0.5, 0.6) is 0 Å². The number of ether oxygens (including phenoxy) is 3. The van der Waals surface area contributed by atoms with Crippen molar-refractivity contribution in [1.82, 2.24) is 0 Å². The zero-order chi connectivity index (χ0) is 16.1. The first kappa shape index (κ1) is 19.4. The molecule has 1 atom stereocenters. The van der Waals surface area contributed by atoms with E-state index in [0.717, 1.165) is 25.7 Å². The Kier molecular flexibility index (Phi) is 11.3. The van der Waals surface area contributed by atoms with Crippen molar-refractivity contribution in [2.24, 2.45) is 0 Å². The van der Waals surface area contributed by atoms with E-state index in [0.29, 0.717) is 6.61 Å². The summed E-state index contributed by atoms with van der Waals surface area (Å²) in [7, 11) is 0. The first-order valence-electron chi connectivity index (χ1n) is 7.50. The minimum absolute atomic E-state index is 0.0184. The largest absolute Gasteiger partial charge is 0.466 e. The van der Waals surface area contributed by atoms with E-state index in [-0.39, 0.29) is 19.4 Å². The standard InChI is InChI=1S/C15H26O6/c1-4-6-10-19-14(17)9-8-13(21-12(3)16)15(18)20-11-7-5-2/h13H,4-11H2,1-3H3. The second kappa shape index (κ2) is 12.2. The van der Waals surface area contributed by atoms with Gasteiger partial charge in [0.05, 0.1) is 13.2 Å². The molecule has 0 N–H and O–H groups in total. The van der Waals surface area contributed by atoms with Gasteiger partial charge in [0.15, 0.2) is 6.10 Å². The number of carbonyl (C=O) groups excluding carboxylic acids is 3. The highest BCUT2D eigenvalue weighted by atomic mass is 16.6. The van der Waals surface area contributed by atoms with Crippen molar-refractivity contribution >= 4 is 17.9 Å². The third kappa shape index (κ3) is 10.8. The molecule has 0 rings (SSSR count). The Bertz CT molecular complexity index is 326. The number of esters is 3. The number of hydrogen-bond donors (Lipinski definition) is 0. The van der Waals surface area contributed by atoms with E-state index < -0.39 is 24.0 Å². The molecule has 0 heterocycles. The predicted molar refractivity (Wildman–Crippen MR) is 76.5 cm³/mol. The van der Waals surface area contributed by atoms with E-state index in [9.17, 15) is 14.4 Å². The van der Waals surface area contributed by atoms with E-state index in [1.807, 2.05) is 13.8 Å². The van der Waals surface area contributed by atoms with Crippen LogP contribution in [0.4, 0.5) is 0 Å². The molecule has 0 fully saturated rings. The van der Waals surface area contributed by atoms with Crippen molar-refractivity contribution in [3.8, 4) is 0 Å². The summed E-state index contributed by atoms with van der Waals surface area (Å²) in [4.78, 5) is 34.2. The Hall–Kier alpha value is -1.59. The monoisotopic (exact) mass is 302 g/mol. The molecule has 0 aliphatic heterocycles. The van der Waals surface area contributed by atoms with Crippen LogP contribution < -0.4 is 0 Å². The molecule has 6 nitrogen and oxygen atoms in total. The van der Waals surface area contributed by atoms with Crippen molar-refractivity contribution in [2.75, 3.05) is 13.2 Å². The fourth-order valence-corrected chi connectivity index (χ4v) is 1.49. The Balaban J connectivity index is 4.19. The molecule has 0 amide bonds. The fourth-order valence-electron chi connectivity index (χ4n) is 1.49. The minimum atomic E-state index is -1.04. The summed E-state index contributed by atoms with van der Waals surface area (Å²) in [6.45, 7) is 5.84. The van der Waals surface area contributed by atoms with Crippen LogP contribution in [-0.2, 0) is 28.6 Å². The van der Waals surface area contributed by atoms with E-state index >= 15 is 0 Å². The Morgan fingerprint density at radius 1 is 0.952 bits per heavy atom. The summed E-state index contributed by atoms with van der Waals surface area (Å²) in [6.07, 6.45) is 2.44. The van der Waals surface area contributed by atoms with Gasteiger partial charge in [-0.2, -0.15) is 0 Å². The predicted octanol–water partition coefficient (Wildman–Crippen LogP) is 2.38. The smallest absolute Gasteiger partial charge is 0.347 e. The summed E-state index contributed by atoms with van der Waals surface area (Å²) in [5, 5.41) is 0. The maximum absolute atomic E-state index is 11.8. The minimum Gasteiger partial charge on any atom is -0.466 e. The zero-order valence-electron chi connectivity index (χ0n) is 13.2. The fraction of sp³-hybridized carbons (Fsp3) is 0.800. The van der Waals surface area contributed by atoms with E-state index in [1.54, 1.807) is 0 Å². The van der Waals surface area contributed by atoms with Crippen molar-refractivity contribution in [1.29, 1.82) is 0 Å². The summed E-state index contributed by atoms with van der Waals surface area (Å²) < 4.78 is 14.9. The van der Waals surface area contributed by atoms with Gasteiger partial charge in [0.2, 0.25) is 0 Å². The van der Waals surface area contributed by atoms with Gasteiger partial charge in [0, 0.05) is 19.8 Å². The van der Waals surface area contributed by atoms with Gasteiger partial charge >= 0.3 is 17.9 Å². The van der Waals surface area contributed by atoms with Gasteiger partial charge in [-0.1, -0.05) is 26.7 Å². The molecule has 6 heteroatoms. The maximum atomic E-state index is 11.8. The molecule has 0 aromatic carbocycles. The molecule has 0 saturated carbocycles. The summed E-state index contributed by atoms with van der Waals surface area (Å²) in [5.74, 6) is -1.59. The summed E-state index contributed by atoms with van der Waals surface area (Å²) >= 11 is 0. The van der Waals surface area contributed by atoms with Gasteiger partial charge in [-0.15, -0.1) is 0 Å². The van der Waals surface area contributed by atoms with Gasteiger partial charge < -0.3 is 14.2 Å². The summed E-state index contributed by atoms with van der Waals surface area (Å²) in [6, 6.07) is 0. The maximum Gasteiger partial charge on any atom is 0.347 e. The lowest BCUT2D eigenvalue weighted by atomic mass is 10.2. The van der Waals surface area contributed by atoms with Gasteiger partial charge in [0.25, 0.3) is 0 Å². The normalized spacial score (nSPS) is 11.6. The third-order valence-electron chi connectivity index (χ3n) is 2.68. The molecule has 0 spiro atoms. The first-order chi connectivity index (χ1) is 10.0. The van der Waals surface area contributed by atoms with Gasteiger partial charge in [-0.05, 0) is 12.8 Å². The highest BCUT2D eigenvalue weighted by Crippen LogP contribution is 2.08. The Labute approximate surface area is 126 Å². The molecular formula is C15H26O6. The zero-order valence-corrected chi connectivity index (χ0v) is 13.2. The van der Waals surface area contributed by atoms with E-state index in [4.69, 9.17) is 14.2 Å². The van der Waals surface area contributed by atoms with Crippen LogP contribution in [0.2, 0.25) is 0 Å². The SMILES string of the molecule is CCCCOC(=O)CCC(OC(C)=O)C(=O)OCCCC. The van der Waals surface area contributed by atoms with Crippen LogP contribution in [0.1, 0.15) is 59.3 Å². The van der Waals surface area contributed by atoms with Crippen molar-refractivity contribution < 1.29 is 28.6 Å². The molecule has 0 aliphatic rings. The lowest BCUT2D eigenvalue weighted by Crippen LogP contribution is -2.29. The highest BCUT2D eigenvalue weighted by Gasteiger charge is 2.24. The molecule has 0 bridgehead atoms. The van der Waals surface area contributed by atoms with Crippen molar-refractivity contribution in [3.05, 3.63) is 0 Å². The van der Waals surface area contributed by atoms with Gasteiger partial charge in [-0.25, -0.2) is 4.79 Å². The van der Waals surface area contributed by atoms with Crippen LogP contribution in [0.3, 0.4) is 0 Å². The topological polar surface area (TPSA) is 78.9 Å². The van der Waals surface area contributed by atoms with Crippen LogP contribution >= 0.6 is 0 Å². The van der Waals surface area contributed by atoms with Crippen LogP contribution in [0.25, 0.3) is 0 Å². The van der Waals surface area contributed by atoms with E-state index in [2.05, 4.69) is 0 Å². The average Bonchev–Trinajstić information content (AvgIpc) is 2.43. The molecule has 0 aliphatic carbocycles. The molecule has 0 radical (unpaired) electrons. The van der Waals surface area contributed by atoms with Crippen LogP contribution in [-0.4, -0.2) is 37.2 Å². The second-order valence-electron chi connectivity index (χ2n) is 4.73. The van der Waals surface area contributed by atoms with Gasteiger partial charge in [-0.3, -0.25) is 9.59 Å². The number of unbranched alkanes of at least 4 members (excludes halogenated alkanes) is 2. The van der Waals surface area contributed by atoms with Crippen LogP contribution in [0, 0.1) is 0 Å². The highest BCUT2D eigenvalue weighted by molar-refractivity contribution is 5.79. The molecule has 0 saturated heterocycles. The number of hydrogen-bond acceptors (Lipinski definition) is 6. The molecule has 1 unspecified atom stereocenters. The number of rotatable bonds is 11. The molecule has 122 valence electrons. The second-order valence-corrected chi connectivity index (χ2v) is 4.73. The Morgan fingerprint density at radius 3 is 2.05 bits per heavy atom. The lowest BCUT2D eigenvalue weighted by Gasteiger charge is -2.15. The first-order valence-corrected chi connectivity index (χ1v) is 7.50. The quantitative estimate of drug-likeness (QED) is 0.331. The molecule has 21 heavy (non-hydrogen) atoms. The van der Waals surface area contributed by atoms with Crippen molar-refractivity contribution in [3.63, 3.8) is 0 Å². The van der Waals surface area contributed by atoms with E-state index in [1.165, 1.54) is 6.92 Å². The molecule has 0 aromatic heterocycles. The van der Waals surface area contributed by atoms with Gasteiger partial charge in [0.1, 0.15) is 0 Å². The number of carbonyl (C=O) groups is 3. The molecular weight excluding hydrogens is 276 g/mol. The Morgan fingerprint density at radius 2 is 1.52 bits per heavy atom. The lowest BCUT2D eigenvalue weighted by molar-refractivity contribution is -0.168. The van der Waals surface area contributed by atoms with Crippen molar-refractivity contribution in [2.45, 2.75) is 65.4 Å². The summed E-state index contributed by atoms with van der Waals surface area (Å²) in [5.41, 5.74) is 0. The average molecular weight is 302 g/mol. The van der Waals surface area contributed by atoms with Crippen LogP contribution in [0.15, 0.2) is 0 Å². The third-order valence-corrected chi connectivity index (χ3v) is 2.68.